The summed E-state index contributed by atoms with van der Waals surface area (Å²) < 4.78 is 0. The van der Waals surface area contributed by atoms with Gasteiger partial charge in [-0.1, -0.05) is 6.07 Å². The van der Waals surface area contributed by atoms with Gasteiger partial charge in [-0.05, 0) is 43.5 Å². The lowest BCUT2D eigenvalue weighted by Crippen LogP contribution is -2.32. The number of nitrogens with two attached hydrogens (primary N) is 1. The Labute approximate surface area is 107 Å². The van der Waals surface area contributed by atoms with Crippen molar-refractivity contribution < 1.29 is 4.79 Å². The van der Waals surface area contributed by atoms with Crippen molar-refractivity contribution >= 4 is 16.8 Å². The molecule has 0 saturated carbocycles. The van der Waals surface area contributed by atoms with Crippen LogP contribution in [0, 0.1) is 0 Å². The minimum atomic E-state index is 0.0717. The first-order valence-electron chi connectivity index (χ1n) is 6.32. The van der Waals surface area contributed by atoms with Crippen LogP contribution in [0.15, 0.2) is 30.5 Å². The minimum absolute atomic E-state index is 0.0717. The number of aromatic amines is 1. The molecule has 0 aliphatic rings. The maximum absolute atomic E-state index is 12.3. The van der Waals surface area contributed by atoms with E-state index in [0.717, 1.165) is 22.9 Å². The molecule has 0 spiro atoms. The number of amides is 1. The molecule has 1 aromatic heterocycles. The van der Waals surface area contributed by atoms with Crippen LogP contribution in [0.1, 0.15) is 23.7 Å². The SMILES string of the molecule is CCN(CCCN)C(=O)c1ccc2cc[nH]c2c1. The van der Waals surface area contributed by atoms with Gasteiger partial charge in [0.25, 0.3) is 5.91 Å². The maximum Gasteiger partial charge on any atom is 0.253 e. The van der Waals surface area contributed by atoms with Gasteiger partial charge in [-0.3, -0.25) is 4.79 Å². The summed E-state index contributed by atoms with van der Waals surface area (Å²) in [5.41, 5.74) is 7.21. The molecule has 1 aromatic carbocycles. The lowest BCUT2D eigenvalue weighted by molar-refractivity contribution is 0.0764. The van der Waals surface area contributed by atoms with E-state index in [-0.39, 0.29) is 5.91 Å². The summed E-state index contributed by atoms with van der Waals surface area (Å²) in [6.07, 6.45) is 2.72. The first-order valence-corrected chi connectivity index (χ1v) is 6.32. The molecule has 4 heteroatoms. The molecule has 18 heavy (non-hydrogen) atoms. The third-order valence-electron chi connectivity index (χ3n) is 3.10. The minimum Gasteiger partial charge on any atom is -0.361 e. The second kappa shape index (κ2) is 5.69. The Morgan fingerprint density at radius 2 is 2.22 bits per heavy atom. The van der Waals surface area contributed by atoms with Gasteiger partial charge in [0, 0.05) is 30.4 Å². The van der Waals surface area contributed by atoms with Gasteiger partial charge >= 0.3 is 0 Å². The average molecular weight is 245 g/mol. The number of aromatic nitrogens is 1. The Balaban J connectivity index is 2.20. The fourth-order valence-electron chi connectivity index (χ4n) is 2.05. The number of H-pyrrole nitrogens is 1. The standard InChI is InChI=1S/C14H19N3O/c1-2-17(9-3-7-15)14(18)12-5-4-11-6-8-16-13(11)10-12/h4-6,8,10,16H,2-3,7,9,15H2,1H3. The number of nitrogens with zero attached hydrogens (tertiary/aromatic N) is 1. The molecule has 2 rings (SSSR count). The van der Waals surface area contributed by atoms with E-state index in [9.17, 15) is 4.79 Å². The molecule has 0 radical (unpaired) electrons. The highest BCUT2D eigenvalue weighted by molar-refractivity contribution is 5.97. The zero-order valence-corrected chi connectivity index (χ0v) is 10.6. The van der Waals surface area contributed by atoms with Gasteiger partial charge in [0.2, 0.25) is 0 Å². The highest BCUT2D eigenvalue weighted by atomic mass is 16.2. The van der Waals surface area contributed by atoms with E-state index in [1.165, 1.54) is 0 Å². The van der Waals surface area contributed by atoms with Crippen LogP contribution in [0.5, 0.6) is 0 Å². The van der Waals surface area contributed by atoms with Gasteiger partial charge in [0.1, 0.15) is 0 Å². The van der Waals surface area contributed by atoms with Crippen LogP contribution in [0.25, 0.3) is 10.9 Å². The summed E-state index contributed by atoms with van der Waals surface area (Å²) in [4.78, 5) is 17.3. The Morgan fingerprint density at radius 1 is 1.39 bits per heavy atom. The molecule has 0 aliphatic heterocycles. The summed E-state index contributed by atoms with van der Waals surface area (Å²) in [5, 5.41) is 1.12. The Kier molecular flexibility index (Phi) is 3.99. The van der Waals surface area contributed by atoms with E-state index in [2.05, 4.69) is 4.98 Å². The second-order valence-corrected chi connectivity index (χ2v) is 4.31. The Hall–Kier alpha value is -1.81. The molecule has 3 N–H and O–H groups in total. The number of rotatable bonds is 5. The first kappa shape index (κ1) is 12.6. The van der Waals surface area contributed by atoms with Crippen LogP contribution < -0.4 is 5.73 Å². The predicted octanol–water partition coefficient (Wildman–Crippen LogP) is 1.98. The van der Waals surface area contributed by atoms with Crippen molar-refractivity contribution in [1.82, 2.24) is 9.88 Å². The van der Waals surface area contributed by atoms with Gasteiger partial charge < -0.3 is 15.6 Å². The molecular weight excluding hydrogens is 226 g/mol. The normalized spacial score (nSPS) is 10.8. The monoisotopic (exact) mass is 245 g/mol. The second-order valence-electron chi connectivity index (χ2n) is 4.31. The fourth-order valence-corrected chi connectivity index (χ4v) is 2.05. The van der Waals surface area contributed by atoms with E-state index in [1.807, 2.05) is 42.3 Å². The molecule has 4 nitrogen and oxygen atoms in total. The Bertz CT molecular complexity index is 533. The van der Waals surface area contributed by atoms with E-state index in [4.69, 9.17) is 5.73 Å². The third-order valence-corrected chi connectivity index (χ3v) is 3.10. The maximum atomic E-state index is 12.3. The molecule has 0 atom stereocenters. The molecule has 2 aromatic rings. The van der Waals surface area contributed by atoms with E-state index < -0.39 is 0 Å². The van der Waals surface area contributed by atoms with Gasteiger partial charge in [0.15, 0.2) is 0 Å². The van der Waals surface area contributed by atoms with Crippen molar-refractivity contribution in [1.29, 1.82) is 0 Å². The molecule has 0 fully saturated rings. The lowest BCUT2D eigenvalue weighted by atomic mass is 10.1. The van der Waals surface area contributed by atoms with Crippen molar-refractivity contribution in [3.8, 4) is 0 Å². The summed E-state index contributed by atoms with van der Waals surface area (Å²) in [6.45, 7) is 4.03. The first-order chi connectivity index (χ1) is 8.76. The lowest BCUT2D eigenvalue weighted by Gasteiger charge is -2.20. The van der Waals surface area contributed by atoms with Gasteiger partial charge in [0.05, 0.1) is 0 Å². The molecular formula is C14H19N3O. The van der Waals surface area contributed by atoms with E-state index in [0.29, 0.717) is 19.6 Å². The van der Waals surface area contributed by atoms with Crippen molar-refractivity contribution in [3.63, 3.8) is 0 Å². The highest BCUT2D eigenvalue weighted by Crippen LogP contribution is 2.15. The number of hydrogen-bond donors (Lipinski definition) is 2. The quantitative estimate of drug-likeness (QED) is 0.846. The van der Waals surface area contributed by atoms with Gasteiger partial charge in [-0.2, -0.15) is 0 Å². The number of benzene rings is 1. The Morgan fingerprint density at radius 3 is 2.94 bits per heavy atom. The summed E-state index contributed by atoms with van der Waals surface area (Å²) in [5.74, 6) is 0.0717. The van der Waals surface area contributed by atoms with E-state index >= 15 is 0 Å². The number of fused-ring (bicyclic) bond motifs is 1. The zero-order valence-electron chi connectivity index (χ0n) is 10.6. The van der Waals surface area contributed by atoms with Crippen LogP contribution in [-0.2, 0) is 0 Å². The van der Waals surface area contributed by atoms with E-state index in [1.54, 1.807) is 0 Å². The average Bonchev–Trinajstić information content (AvgIpc) is 2.86. The van der Waals surface area contributed by atoms with Crippen LogP contribution >= 0.6 is 0 Å². The summed E-state index contributed by atoms with van der Waals surface area (Å²) in [6, 6.07) is 7.75. The molecule has 0 aliphatic carbocycles. The number of hydrogen-bond acceptors (Lipinski definition) is 2. The topological polar surface area (TPSA) is 62.1 Å². The molecule has 0 bridgehead atoms. The molecule has 0 saturated heterocycles. The number of nitrogens with one attached hydrogen (secondary N) is 1. The van der Waals surface area contributed by atoms with Crippen molar-refractivity contribution in [2.75, 3.05) is 19.6 Å². The van der Waals surface area contributed by atoms with Crippen LogP contribution in [-0.4, -0.2) is 35.4 Å². The number of carbonyl (C=O) groups is 1. The zero-order chi connectivity index (χ0) is 13.0. The largest absolute Gasteiger partial charge is 0.361 e. The van der Waals surface area contributed by atoms with Gasteiger partial charge in [-0.15, -0.1) is 0 Å². The molecule has 0 unspecified atom stereocenters. The predicted molar refractivity (Wildman–Crippen MR) is 73.5 cm³/mol. The van der Waals surface area contributed by atoms with Crippen LogP contribution in [0.3, 0.4) is 0 Å². The van der Waals surface area contributed by atoms with Crippen LogP contribution in [0.2, 0.25) is 0 Å². The fraction of sp³-hybridized carbons (Fsp3) is 0.357. The van der Waals surface area contributed by atoms with Crippen molar-refractivity contribution in [2.45, 2.75) is 13.3 Å². The summed E-state index contributed by atoms with van der Waals surface area (Å²) in [7, 11) is 0. The molecule has 1 heterocycles. The third kappa shape index (κ3) is 2.54. The summed E-state index contributed by atoms with van der Waals surface area (Å²) >= 11 is 0. The molecule has 96 valence electrons. The van der Waals surface area contributed by atoms with Gasteiger partial charge in [-0.25, -0.2) is 0 Å². The smallest absolute Gasteiger partial charge is 0.253 e. The van der Waals surface area contributed by atoms with Crippen LogP contribution in [0.4, 0.5) is 0 Å². The highest BCUT2D eigenvalue weighted by Gasteiger charge is 2.13. The van der Waals surface area contributed by atoms with Crippen molar-refractivity contribution in [2.24, 2.45) is 5.73 Å². The van der Waals surface area contributed by atoms with Crippen molar-refractivity contribution in [3.05, 3.63) is 36.0 Å². The molecule has 1 amide bonds. The number of carbonyl (C=O) groups excluding carboxylic acids is 1.